The van der Waals surface area contributed by atoms with Gasteiger partial charge in [0.15, 0.2) is 0 Å². The molecule has 0 radical (unpaired) electrons. The smallest absolute Gasteiger partial charge is 0.250 e. The Hall–Kier alpha value is -1.33. The first-order chi connectivity index (χ1) is 9.90. The molecule has 2 atom stereocenters. The lowest BCUT2D eigenvalue weighted by Gasteiger charge is -2.39. The second kappa shape index (κ2) is 6.20. The zero-order valence-corrected chi connectivity index (χ0v) is 13.1. The van der Waals surface area contributed by atoms with Gasteiger partial charge in [-0.1, -0.05) is 37.0 Å². The number of anilines is 1. The van der Waals surface area contributed by atoms with Gasteiger partial charge in [-0.3, -0.25) is 14.5 Å². The van der Waals surface area contributed by atoms with Gasteiger partial charge in [0.25, 0.3) is 0 Å². The number of halogens is 3. The van der Waals surface area contributed by atoms with Gasteiger partial charge in [-0.05, 0) is 25.0 Å². The maximum Gasteiger partial charge on any atom is 0.250 e. The Kier molecular flexibility index (Phi) is 4.74. The molecule has 1 N–H and O–H groups in total. The lowest BCUT2D eigenvalue weighted by molar-refractivity contribution is -0.134. The van der Waals surface area contributed by atoms with E-state index < -0.39 is 17.9 Å². The highest BCUT2D eigenvalue weighted by Crippen LogP contribution is 2.37. The maximum atomic E-state index is 13.3. The van der Waals surface area contributed by atoms with E-state index in [0.717, 1.165) is 12.1 Å². The van der Waals surface area contributed by atoms with Gasteiger partial charge in [0.05, 0.1) is 15.7 Å². The molecule has 0 aliphatic carbocycles. The van der Waals surface area contributed by atoms with Crippen LogP contribution in [0.3, 0.4) is 0 Å². The number of carbonyl (C=O) groups is 2. The van der Waals surface area contributed by atoms with Crippen LogP contribution in [-0.2, 0) is 9.59 Å². The zero-order chi connectivity index (χ0) is 15.7. The second-order valence-corrected chi connectivity index (χ2v) is 5.63. The number of carbonyl (C=O) groups excluding carboxylic acids is 2. The lowest BCUT2D eigenvalue weighted by atomic mass is 10.0. The molecule has 1 fully saturated rings. The standard InChI is InChI=1S/C14H15Cl2FN2O2/c1-3-10-14(21)19(11(4-2)13(20)18-10)12-8(15)5-7(17)6-9(12)16/h5-6,10-11H,3-4H2,1-2H3,(H,18,20). The first kappa shape index (κ1) is 16.0. The number of piperazine rings is 1. The van der Waals surface area contributed by atoms with E-state index in [1.165, 1.54) is 4.90 Å². The van der Waals surface area contributed by atoms with Crippen molar-refractivity contribution in [3.63, 3.8) is 0 Å². The van der Waals surface area contributed by atoms with Crippen LogP contribution >= 0.6 is 23.2 Å². The molecule has 2 amide bonds. The molecule has 1 heterocycles. The van der Waals surface area contributed by atoms with Crippen molar-refractivity contribution in [1.29, 1.82) is 0 Å². The Bertz CT molecular complexity index is 571. The normalized spacial score (nSPS) is 22.4. The van der Waals surface area contributed by atoms with Crippen molar-refractivity contribution >= 4 is 40.7 Å². The third kappa shape index (κ3) is 2.85. The minimum atomic E-state index is -0.708. The Morgan fingerprint density at radius 3 is 2.24 bits per heavy atom. The minimum Gasteiger partial charge on any atom is -0.342 e. The van der Waals surface area contributed by atoms with Crippen molar-refractivity contribution in [3.8, 4) is 0 Å². The number of nitrogens with zero attached hydrogens (tertiary/aromatic N) is 1. The summed E-state index contributed by atoms with van der Waals surface area (Å²) in [6.07, 6.45) is 0.853. The van der Waals surface area contributed by atoms with Gasteiger partial charge < -0.3 is 5.32 Å². The third-order valence-electron chi connectivity index (χ3n) is 3.48. The van der Waals surface area contributed by atoms with Crippen molar-refractivity contribution in [3.05, 3.63) is 28.0 Å². The van der Waals surface area contributed by atoms with E-state index in [-0.39, 0.29) is 27.5 Å². The molecule has 114 valence electrons. The molecule has 7 heteroatoms. The van der Waals surface area contributed by atoms with E-state index in [1.54, 1.807) is 13.8 Å². The largest absolute Gasteiger partial charge is 0.342 e. The van der Waals surface area contributed by atoms with Crippen molar-refractivity contribution in [2.45, 2.75) is 38.8 Å². The summed E-state index contributed by atoms with van der Waals surface area (Å²) < 4.78 is 13.3. The molecule has 1 saturated heterocycles. The highest BCUT2D eigenvalue weighted by molar-refractivity contribution is 6.40. The van der Waals surface area contributed by atoms with Crippen LogP contribution in [-0.4, -0.2) is 23.9 Å². The van der Waals surface area contributed by atoms with Gasteiger partial charge in [0.2, 0.25) is 11.8 Å². The summed E-state index contributed by atoms with van der Waals surface area (Å²) in [6, 6.07) is 0.824. The van der Waals surface area contributed by atoms with Crippen LogP contribution in [0.4, 0.5) is 10.1 Å². The summed E-state index contributed by atoms with van der Waals surface area (Å²) in [7, 11) is 0. The highest BCUT2D eigenvalue weighted by atomic mass is 35.5. The molecule has 2 rings (SSSR count). The lowest BCUT2D eigenvalue weighted by Crippen LogP contribution is -2.63. The summed E-state index contributed by atoms with van der Waals surface area (Å²) in [5, 5.41) is 2.70. The van der Waals surface area contributed by atoms with Crippen LogP contribution in [0, 0.1) is 5.82 Å². The second-order valence-electron chi connectivity index (χ2n) is 4.82. The van der Waals surface area contributed by atoms with Crippen LogP contribution in [0.2, 0.25) is 10.0 Å². The fraction of sp³-hybridized carbons (Fsp3) is 0.429. The maximum absolute atomic E-state index is 13.3. The Morgan fingerprint density at radius 2 is 1.76 bits per heavy atom. The number of hydrogen-bond acceptors (Lipinski definition) is 2. The van der Waals surface area contributed by atoms with E-state index in [0.29, 0.717) is 12.8 Å². The van der Waals surface area contributed by atoms with Gasteiger partial charge in [0, 0.05) is 0 Å². The molecule has 0 spiro atoms. The average Bonchev–Trinajstić information content (AvgIpc) is 2.41. The minimum absolute atomic E-state index is 0.0105. The van der Waals surface area contributed by atoms with Gasteiger partial charge in [0.1, 0.15) is 17.9 Å². The van der Waals surface area contributed by atoms with Crippen molar-refractivity contribution in [2.75, 3.05) is 4.90 Å². The van der Waals surface area contributed by atoms with E-state index in [4.69, 9.17) is 23.2 Å². The molecule has 21 heavy (non-hydrogen) atoms. The Balaban J connectivity index is 2.57. The van der Waals surface area contributed by atoms with Crippen LogP contribution in [0.25, 0.3) is 0 Å². The summed E-state index contributed by atoms with van der Waals surface area (Å²) in [6.45, 7) is 3.57. The van der Waals surface area contributed by atoms with Gasteiger partial charge in [-0.2, -0.15) is 0 Å². The summed E-state index contributed by atoms with van der Waals surface area (Å²) in [4.78, 5) is 26.0. The third-order valence-corrected chi connectivity index (χ3v) is 4.06. The van der Waals surface area contributed by atoms with E-state index in [9.17, 15) is 14.0 Å². The van der Waals surface area contributed by atoms with Gasteiger partial charge >= 0.3 is 0 Å². The summed E-state index contributed by atoms with van der Waals surface area (Å²) >= 11 is 12.1. The molecule has 0 bridgehead atoms. The van der Waals surface area contributed by atoms with Crippen LogP contribution in [0.5, 0.6) is 0 Å². The zero-order valence-electron chi connectivity index (χ0n) is 11.6. The van der Waals surface area contributed by atoms with Crippen molar-refractivity contribution < 1.29 is 14.0 Å². The van der Waals surface area contributed by atoms with Crippen molar-refractivity contribution in [2.24, 2.45) is 0 Å². The first-order valence-corrected chi connectivity index (χ1v) is 7.44. The molecule has 1 aromatic carbocycles. The molecular formula is C14H15Cl2FN2O2. The number of amides is 2. The van der Waals surface area contributed by atoms with Gasteiger partial charge in [-0.25, -0.2) is 4.39 Å². The predicted octanol–water partition coefficient (Wildman–Crippen LogP) is 3.15. The Morgan fingerprint density at radius 1 is 1.19 bits per heavy atom. The number of benzene rings is 1. The summed E-state index contributed by atoms with van der Waals surface area (Å²) in [5.74, 6) is -1.15. The molecule has 1 aromatic rings. The Labute approximate surface area is 132 Å². The molecule has 1 aliphatic heterocycles. The summed E-state index contributed by atoms with van der Waals surface area (Å²) in [5.41, 5.74) is 0.185. The first-order valence-electron chi connectivity index (χ1n) is 6.68. The molecule has 0 saturated carbocycles. The number of rotatable bonds is 3. The highest BCUT2D eigenvalue weighted by Gasteiger charge is 2.41. The van der Waals surface area contributed by atoms with Crippen LogP contribution < -0.4 is 10.2 Å². The van der Waals surface area contributed by atoms with Gasteiger partial charge in [-0.15, -0.1) is 0 Å². The molecule has 4 nitrogen and oxygen atoms in total. The van der Waals surface area contributed by atoms with Crippen LogP contribution in [0.1, 0.15) is 26.7 Å². The SMILES string of the molecule is CCC1NC(=O)C(CC)N(c2c(Cl)cc(F)cc2Cl)C1=O. The monoisotopic (exact) mass is 332 g/mol. The average molecular weight is 333 g/mol. The topological polar surface area (TPSA) is 49.4 Å². The van der Waals surface area contributed by atoms with E-state index in [1.807, 2.05) is 0 Å². The van der Waals surface area contributed by atoms with E-state index >= 15 is 0 Å². The molecule has 0 aromatic heterocycles. The fourth-order valence-corrected chi connectivity index (χ4v) is 3.09. The quantitative estimate of drug-likeness (QED) is 0.924. The molecule has 1 aliphatic rings. The predicted molar refractivity (Wildman–Crippen MR) is 80.2 cm³/mol. The number of hydrogen-bond donors (Lipinski definition) is 1. The van der Waals surface area contributed by atoms with E-state index in [2.05, 4.69) is 5.32 Å². The van der Waals surface area contributed by atoms with Crippen LogP contribution in [0.15, 0.2) is 12.1 Å². The number of nitrogens with one attached hydrogen (secondary N) is 1. The molecule has 2 unspecified atom stereocenters. The fourth-order valence-electron chi connectivity index (χ4n) is 2.44. The molecular weight excluding hydrogens is 318 g/mol. The van der Waals surface area contributed by atoms with Crippen molar-refractivity contribution in [1.82, 2.24) is 5.32 Å².